The average Bonchev–Trinajstić information content (AvgIpc) is 3.17. The Kier molecular flexibility index (Phi) is 4.52. The molecule has 0 aliphatic heterocycles. The number of halogens is 1. The molecule has 118 valence electrons. The molecule has 0 atom stereocenters. The molecular weight excluding hydrogens is 317 g/mol. The Morgan fingerprint density at radius 2 is 2.04 bits per heavy atom. The number of hydrogen-bond acceptors (Lipinski definition) is 5. The molecule has 0 spiro atoms. The number of aromatic nitrogens is 1. The van der Waals surface area contributed by atoms with Crippen molar-refractivity contribution >= 4 is 17.3 Å². The predicted octanol–water partition coefficient (Wildman–Crippen LogP) is 4.91. The van der Waals surface area contributed by atoms with Gasteiger partial charge in [0.2, 0.25) is 5.89 Å². The van der Waals surface area contributed by atoms with Gasteiger partial charge in [-0.05, 0) is 42.1 Å². The number of nitrogens with zero attached hydrogens (tertiary/aromatic N) is 1. The van der Waals surface area contributed by atoms with E-state index >= 15 is 0 Å². The summed E-state index contributed by atoms with van der Waals surface area (Å²) in [4.78, 5) is 16.0. The van der Waals surface area contributed by atoms with E-state index in [1.54, 1.807) is 12.1 Å². The Morgan fingerprint density at radius 1 is 1.26 bits per heavy atom. The van der Waals surface area contributed by atoms with Crippen molar-refractivity contribution < 1.29 is 18.3 Å². The van der Waals surface area contributed by atoms with Crippen molar-refractivity contribution in [3.63, 3.8) is 0 Å². The van der Waals surface area contributed by atoms with Crippen LogP contribution in [0.5, 0.6) is 5.88 Å². The number of rotatable bonds is 5. The molecule has 0 aliphatic carbocycles. The van der Waals surface area contributed by atoms with Crippen LogP contribution in [-0.4, -0.2) is 11.0 Å². The van der Waals surface area contributed by atoms with Gasteiger partial charge in [0.05, 0.1) is 0 Å². The predicted molar refractivity (Wildman–Crippen MR) is 85.8 cm³/mol. The molecule has 6 heteroatoms. The second-order valence-electron chi connectivity index (χ2n) is 4.90. The minimum absolute atomic E-state index is 0.140. The minimum Gasteiger partial charge on any atom is -0.432 e. The molecule has 0 N–H and O–H groups in total. The molecule has 23 heavy (non-hydrogen) atoms. The molecule has 0 radical (unpaired) electrons. The Labute approximate surface area is 136 Å². The van der Waals surface area contributed by atoms with Gasteiger partial charge in [-0.2, -0.15) is 16.3 Å². The molecule has 0 amide bonds. The Hall–Kier alpha value is -2.47. The summed E-state index contributed by atoms with van der Waals surface area (Å²) >= 11 is 1.50. The summed E-state index contributed by atoms with van der Waals surface area (Å²) in [5, 5.41) is 3.78. The van der Waals surface area contributed by atoms with E-state index in [0.717, 1.165) is 5.56 Å². The van der Waals surface area contributed by atoms with E-state index in [2.05, 4.69) is 4.98 Å². The van der Waals surface area contributed by atoms with E-state index in [9.17, 15) is 9.18 Å². The zero-order valence-electron chi connectivity index (χ0n) is 12.4. The van der Waals surface area contributed by atoms with Gasteiger partial charge in [0.25, 0.3) is 5.88 Å². The van der Waals surface area contributed by atoms with Gasteiger partial charge >= 0.3 is 5.97 Å². The second-order valence-corrected chi connectivity index (χ2v) is 5.68. The highest BCUT2D eigenvalue weighted by Gasteiger charge is 2.20. The first-order chi connectivity index (χ1) is 11.2. The summed E-state index contributed by atoms with van der Waals surface area (Å²) in [5.74, 6) is 0.123. The maximum Gasteiger partial charge on any atom is 0.312 e. The van der Waals surface area contributed by atoms with Crippen molar-refractivity contribution in [2.75, 3.05) is 0 Å². The molecule has 3 aromatic rings. The summed E-state index contributed by atoms with van der Waals surface area (Å²) in [5.41, 5.74) is 1.40. The van der Waals surface area contributed by atoms with Crippen LogP contribution in [0.2, 0.25) is 0 Å². The van der Waals surface area contributed by atoms with Crippen LogP contribution in [-0.2, 0) is 4.79 Å². The van der Waals surface area contributed by atoms with Crippen LogP contribution in [0.4, 0.5) is 4.39 Å². The van der Waals surface area contributed by atoms with E-state index in [0.29, 0.717) is 24.2 Å². The molecule has 3 rings (SSSR count). The Morgan fingerprint density at radius 3 is 2.70 bits per heavy atom. The van der Waals surface area contributed by atoms with Gasteiger partial charge in [0.15, 0.2) is 5.76 Å². The van der Waals surface area contributed by atoms with Crippen LogP contribution >= 0.6 is 11.3 Å². The lowest BCUT2D eigenvalue weighted by Crippen LogP contribution is -2.07. The number of thiophene rings is 1. The largest absolute Gasteiger partial charge is 0.432 e. The van der Waals surface area contributed by atoms with E-state index in [-0.39, 0.29) is 23.6 Å². The number of ether oxygens (including phenoxy) is 1. The number of carbonyl (C=O) groups is 1. The SMILES string of the molecule is CCCC(=O)Oc1nc(-c2ccc(F)cc2)oc1-c1ccsc1. The first-order valence-electron chi connectivity index (χ1n) is 7.17. The zero-order valence-corrected chi connectivity index (χ0v) is 13.2. The fourth-order valence-electron chi connectivity index (χ4n) is 2.03. The molecule has 0 fully saturated rings. The van der Waals surface area contributed by atoms with Crippen molar-refractivity contribution in [3.8, 4) is 28.7 Å². The van der Waals surface area contributed by atoms with Crippen LogP contribution in [0.25, 0.3) is 22.8 Å². The van der Waals surface area contributed by atoms with Crippen LogP contribution < -0.4 is 4.74 Å². The number of benzene rings is 1. The summed E-state index contributed by atoms with van der Waals surface area (Å²) in [6.07, 6.45) is 0.997. The van der Waals surface area contributed by atoms with Gasteiger partial charge < -0.3 is 9.15 Å². The van der Waals surface area contributed by atoms with E-state index < -0.39 is 0 Å². The highest BCUT2D eigenvalue weighted by molar-refractivity contribution is 7.08. The third-order valence-corrected chi connectivity index (χ3v) is 3.82. The first-order valence-corrected chi connectivity index (χ1v) is 8.11. The monoisotopic (exact) mass is 331 g/mol. The molecule has 0 bridgehead atoms. The van der Waals surface area contributed by atoms with E-state index in [1.807, 2.05) is 23.8 Å². The average molecular weight is 331 g/mol. The van der Waals surface area contributed by atoms with Gasteiger partial charge in [-0.3, -0.25) is 4.79 Å². The van der Waals surface area contributed by atoms with Crippen molar-refractivity contribution in [3.05, 3.63) is 46.9 Å². The van der Waals surface area contributed by atoms with Crippen molar-refractivity contribution in [2.24, 2.45) is 0 Å². The third kappa shape index (κ3) is 3.48. The molecule has 2 heterocycles. The smallest absolute Gasteiger partial charge is 0.312 e. The van der Waals surface area contributed by atoms with Gasteiger partial charge in [-0.15, -0.1) is 0 Å². The van der Waals surface area contributed by atoms with Crippen molar-refractivity contribution in [1.82, 2.24) is 4.98 Å². The topological polar surface area (TPSA) is 52.3 Å². The summed E-state index contributed by atoms with van der Waals surface area (Å²) in [7, 11) is 0. The Bertz CT molecular complexity index is 794. The number of esters is 1. The lowest BCUT2D eigenvalue weighted by Gasteiger charge is -2.00. The highest BCUT2D eigenvalue weighted by Crippen LogP contribution is 2.35. The molecule has 4 nitrogen and oxygen atoms in total. The minimum atomic E-state index is -0.358. The quantitative estimate of drug-likeness (QED) is 0.623. The van der Waals surface area contributed by atoms with Crippen LogP contribution in [0, 0.1) is 5.82 Å². The number of carbonyl (C=O) groups excluding carboxylic acids is 1. The maximum absolute atomic E-state index is 13.0. The third-order valence-electron chi connectivity index (χ3n) is 3.14. The first kappa shape index (κ1) is 15.4. The fraction of sp³-hybridized carbons (Fsp3) is 0.176. The molecular formula is C17H14FNO3S. The molecule has 0 aliphatic rings. The zero-order chi connectivity index (χ0) is 16.2. The fourth-order valence-corrected chi connectivity index (χ4v) is 2.67. The standard InChI is InChI=1S/C17H14FNO3S/c1-2-3-14(20)21-17-15(12-8-9-23-10-12)22-16(19-17)11-4-6-13(18)7-5-11/h4-10H,2-3H2,1H3. The summed E-state index contributed by atoms with van der Waals surface area (Å²) < 4.78 is 24.1. The maximum atomic E-state index is 13.0. The Balaban J connectivity index is 1.99. The lowest BCUT2D eigenvalue weighted by atomic mass is 10.2. The second kappa shape index (κ2) is 6.75. The van der Waals surface area contributed by atoms with Crippen LogP contribution in [0.15, 0.2) is 45.5 Å². The van der Waals surface area contributed by atoms with Crippen LogP contribution in [0.1, 0.15) is 19.8 Å². The lowest BCUT2D eigenvalue weighted by molar-refractivity contribution is -0.134. The highest BCUT2D eigenvalue weighted by atomic mass is 32.1. The molecule has 2 aromatic heterocycles. The summed E-state index contributed by atoms with van der Waals surface area (Å²) in [6, 6.07) is 7.64. The number of hydrogen-bond donors (Lipinski definition) is 0. The van der Waals surface area contributed by atoms with Crippen molar-refractivity contribution in [1.29, 1.82) is 0 Å². The number of oxazole rings is 1. The normalized spacial score (nSPS) is 10.7. The molecule has 1 aromatic carbocycles. The van der Waals surface area contributed by atoms with Gasteiger partial charge in [-0.25, -0.2) is 4.39 Å². The van der Waals surface area contributed by atoms with E-state index in [4.69, 9.17) is 9.15 Å². The summed E-state index contributed by atoms with van der Waals surface area (Å²) in [6.45, 7) is 1.90. The van der Waals surface area contributed by atoms with Gasteiger partial charge in [0, 0.05) is 22.9 Å². The molecule has 0 unspecified atom stereocenters. The van der Waals surface area contributed by atoms with Crippen LogP contribution in [0.3, 0.4) is 0 Å². The van der Waals surface area contributed by atoms with Gasteiger partial charge in [-0.1, -0.05) is 6.92 Å². The van der Waals surface area contributed by atoms with Crippen molar-refractivity contribution in [2.45, 2.75) is 19.8 Å². The van der Waals surface area contributed by atoms with Gasteiger partial charge in [0.1, 0.15) is 5.82 Å². The molecule has 0 saturated heterocycles. The molecule has 0 saturated carbocycles. The van der Waals surface area contributed by atoms with E-state index in [1.165, 1.54) is 23.5 Å².